The Kier molecular flexibility index (Phi) is 5.56. The zero-order valence-corrected chi connectivity index (χ0v) is 16.2. The van der Waals surface area contributed by atoms with Gasteiger partial charge < -0.3 is 14.7 Å². The van der Waals surface area contributed by atoms with Crippen LogP contribution < -0.4 is 9.64 Å². The summed E-state index contributed by atoms with van der Waals surface area (Å²) in [4.78, 5) is 10.4. The van der Waals surface area contributed by atoms with Gasteiger partial charge in [0.1, 0.15) is 0 Å². The summed E-state index contributed by atoms with van der Waals surface area (Å²) in [5.74, 6) is 0.0825. The van der Waals surface area contributed by atoms with Crippen LogP contribution in [0.5, 0.6) is 6.01 Å². The highest BCUT2D eigenvalue weighted by atomic mass is 19.4. The third-order valence-corrected chi connectivity index (χ3v) is 4.71. The zero-order valence-electron chi connectivity index (χ0n) is 16.2. The molecule has 0 unspecified atom stereocenters. The van der Waals surface area contributed by atoms with Crippen LogP contribution in [0.15, 0.2) is 24.3 Å². The maximum Gasteiger partial charge on any atom is 0.422 e. The fourth-order valence-electron chi connectivity index (χ4n) is 3.34. The summed E-state index contributed by atoms with van der Waals surface area (Å²) in [6, 6.07) is 4.30. The van der Waals surface area contributed by atoms with E-state index in [0.717, 1.165) is 10.9 Å². The number of halogens is 6. The van der Waals surface area contributed by atoms with E-state index in [2.05, 4.69) is 24.9 Å². The third-order valence-electron chi connectivity index (χ3n) is 4.71. The fraction of sp³-hybridized carbons (Fsp3) is 0.444. The van der Waals surface area contributed by atoms with Gasteiger partial charge in [0.2, 0.25) is 5.65 Å². The largest absolute Gasteiger partial charge is 0.454 e. The van der Waals surface area contributed by atoms with Gasteiger partial charge in [-0.3, -0.25) is 0 Å². The van der Waals surface area contributed by atoms with Crippen molar-refractivity contribution in [3.63, 3.8) is 0 Å². The summed E-state index contributed by atoms with van der Waals surface area (Å²) in [5.41, 5.74) is -1.02. The number of ether oxygens (including phenoxy) is 1. The molecular formula is C18H16F6N6O2. The average molecular weight is 462 g/mol. The number of benzene rings is 1. The van der Waals surface area contributed by atoms with E-state index in [1.807, 2.05) is 0 Å². The Hall–Kier alpha value is -3.16. The molecule has 0 amide bonds. The molecule has 14 heteroatoms. The molecule has 0 aliphatic carbocycles. The van der Waals surface area contributed by atoms with Crippen LogP contribution in [0.25, 0.3) is 11.2 Å². The quantitative estimate of drug-likeness (QED) is 0.584. The number of rotatable bonds is 5. The standard InChI is InChI=1S/C18H16F6N6O2/c19-17(20,21)9-32-16-25-14-13(15(26-16)29-6-5-11(31)8-29)27-30(28-14)7-10-3-1-2-4-12(10)18(22,23)24/h1-4,11,31H,5-9H2/t11-/m0/s1. The molecule has 4 rings (SSSR count). The molecule has 1 saturated heterocycles. The zero-order chi connectivity index (χ0) is 23.1. The van der Waals surface area contributed by atoms with Gasteiger partial charge in [0, 0.05) is 13.1 Å². The number of nitrogens with zero attached hydrogens (tertiary/aromatic N) is 6. The predicted molar refractivity (Wildman–Crippen MR) is 98.1 cm³/mol. The van der Waals surface area contributed by atoms with Crippen LogP contribution in [0.3, 0.4) is 0 Å². The van der Waals surface area contributed by atoms with Crippen molar-refractivity contribution in [2.75, 3.05) is 24.6 Å². The third kappa shape index (κ3) is 4.84. The summed E-state index contributed by atoms with van der Waals surface area (Å²) in [5, 5.41) is 18.0. The monoisotopic (exact) mass is 462 g/mol. The van der Waals surface area contributed by atoms with Crippen molar-refractivity contribution >= 4 is 17.0 Å². The number of aromatic nitrogens is 5. The topological polar surface area (TPSA) is 89.2 Å². The van der Waals surface area contributed by atoms with E-state index < -0.39 is 36.6 Å². The normalized spacial score (nSPS) is 17.3. The van der Waals surface area contributed by atoms with Gasteiger partial charge in [-0.25, -0.2) is 0 Å². The van der Waals surface area contributed by atoms with Gasteiger partial charge in [-0.05, 0) is 18.1 Å². The van der Waals surface area contributed by atoms with E-state index in [4.69, 9.17) is 0 Å². The minimum Gasteiger partial charge on any atom is -0.454 e. The predicted octanol–water partition coefficient (Wildman–Crippen LogP) is 2.80. The molecule has 0 radical (unpaired) electrons. The van der Waals surface area contributed by atoms with E-state index in [1.165, 1.54) is 18.2 Å². The minimum atomic E-state index is -4.62. The lowest BCUT2D eigenvalue weighted by Gasteiger charge is -2.17. The highest BCUT2D eigenvalue weighted by Crippen LogP contribution is 2.32. The second kappa shape index (κ2) is 8.07. The molecular weight excluding hydrogens is 446 g/mol. The summed E-state index contributed by atoms with van der Waals surface area (Å²) in [6.07, 6.45) is -9.48. The highest BCUT2D eigenvalue weighted by molar-refractivity contribution is 5.83. The van der Waals surface area contributed by atoms with Crippen molar-refractivity contribution in [1.82, 2.24) is 25.0 Å². The first-order chi connectivity index (χ1) is 15.0. The van der Waals surface area contributed by atoms with E-state index in [1.54, 1.807) is 4.90 Å². The van der Waals surface area contributed by atoms with Gasteiger partial charge in [0.15, 0.2) is 17.9 Å². The van der Waals surface area contributed by atoms with Gasteiger partial charge >= 0.3 is 18.4 Å². The van der Waals surface area contributed by atoms with Crippen molar-refractivity contribution in [2.24, 2.45) is 0 Å². The average Bonchev–Trinajstić information content (AvgIpc) is 3.30. The number of hydrogen-bond acceptors (Lipinski definition) is 7. The summed E-state index contributed by atoms with van der Waals surface area (Å²) in [7, 11) is 0. The van der Waals surface area contributed by atoms with Crippen molar-refractivity contribution < 1.29 is 36.2 Å². The van der Waals surface area contributed by atoms with Crippen LogP contribution in [0.4, 0.5) is 32.2 Å². The van der Waals surface area contributed by atoms with E-state index in [0.29, 0.717) is 13.0 Å². The molecule has 1 atom stereocenters. The Morgan fingerprint density at radius 1 is 1.06 bits per heavy atom. The molecule has 0 spiro atoms. The molecule has 1 aromatic carbocycles. The van der Waals surface area contributed by atoms with Crippen LogP contribution in [0.2, 0.25) is 0 Å². The van der Waals surface area contributed by atoms with Gasteiger partial charge in [-0.15, -0.1) is 10.2 Å². The Balaban J connectivity index is 1.72. The first-order valence-electron chi connectivity index (χ1n) is 9.40. The van der Waals surface area contributed by atoms with Crippen LogP contribution in [-0.2, 0) is 12.7 Å². The first kappa shape index (κ1) is 22.0. The number of aliphatic hydroxyl groups is 1. The minimum absolute atomic E-state index is 0.0722. The van der Waals surface area contributed by atoms with Gasteiger partial charge in [-0.2, -0.15) is 41.1 Å². The number of anilines is 1. The Morgan fingerprint density at radius 3 is 2.47 bits per heavy atom. The van der Waals surface area contributed by atoms with Crippen molar-refractivity contribution in [1.29, 1.82) is 0 Å². The summed E-state index contributed by atoms with van der Waals surface area (Å²) in [6.45, 7) is -1.50. The smallest absolute Gasteiger partial charge is 0.422 e. The first-order valence-corrected chi connectivity index (χ1v) is 9.40. The molecule has 32 heavy (non-hydrogen) atoms. The van der Waals surface area contributed by atoms with Crippen molar-refractivity contribution in [3.8, 4) is 6.01 Å². The number of β-amino-alcohol motifs (C(OH)–C–C–N with tert-alkyl or cyclic N) is 1. The SMILES string of the molecule is O[C@H]1CCN(c2nc(OCC(F)(F)F)nc3nn(Cc4ccccc4C(F)(F)F)nc23)C1. The van der Waals surface area contributed by atoms with Crippen LogP contribution in [0.1, 0.15) is 17.5 Å². The van der Waals surface area contributed by atoms with Crippen LogP contribution in [-0.4, -0.2) is 62.0 Å². The van der Waals surface area contributed by atoms with Crippen molar-refractivity contribution in [3.05, 3.63) is 35.4 Å². The molecule has 1 fully saturated rings. The highest BCUT2D eigenvalue weighted by Gasteiger charge is 2.34. The maximum atomic E-state index is 13.3. The lowest BCUT2D eigenvalue weighted by Crippen LogP contribution is -2.24. The Bertz CT molecular complexity index is 1120. The van der Waals surface area contributed by atoms with Crippen LogP contribution in [0, 0.1) is 0 Å². The van der Waals surface area contributed by atoms with Crippen molar-refractivity contribution in [2.45, 2.75) is 31.4 Å². The summed E-state index contributed by atoms with van der Waals surface area (Å²) >= 11 is 0. The van der Waals surface area contributed by atoms with Gasteiger partial charge in [-0.1, -0.05) is 18.2 Å². The Morgan fingerprint density at radius 2 is 1.81 bits per heavy atom. The lowest BCUT2D eigenvalue weighted by atomic mass is 10.1. The Labute approximate surface area is 176 Å². The molecule has 3 heterocycles. The number of aliphatic hydroxyl groups excluding tert-OH is 1. The molecule has 8 nitrogen and oxygen atoms in total. The molecule has 0 bridgehead atoms. The van der Waals surface area contributed by atoms with Crippen LogP contribution >= 0.6 is 0 Å². The molecule has 3 aromatic rings. The second-order valence-electron chi connectivity index (χ2n) is 7.18. The molecule has 2 aromatic heterocycles. The number of hydrogen-bond donors (Lipinski definition) is 1. The molecule has 0 saturated carbocycles. The summed E-state index contributed by atoms with van der Waals surface area (Å²) < 4.78 is 82.1. The number of fused-ring (bicyclic) bond motifs is 1. The maximum absolute atomic E-state index is 13.3. The van der Waals surface area contributed by atoms with E-state index in [9.17, 15) is 31.4 Å². The molecule has 172 valence electrons. The molecule has 1 N–H and O–H groups in total. The number of alkyl halides is 6. The van der Waals surface area contributed by atoms with E-state index >= 15 is 0 Å². The van der Waals surface area contributed by atoms with Gasteiger partial charge in [0.25, 0.3) is 0 Å². The van der Waals surface area contributed by atoms with Gasteiger partial charge in [0.05, 0.1) is 18.2 Å². The lowest BCUT2D eigenvalue weighted by molar-refractivity contribution is -0.154. The fourth-order valence-corrected chi connectivity index (χ4v) is 3.34. The molecule has 1 aliphatic rings. The second-order valence-corrected chi connectivity index (χ2v) is 7.18. The molecule has 1 aliphatic heterocycles. The van der Waals surface area contributed by atoms with E-state index in [-0.39, 0.29) is 35.6 Å².